The van der Waals surface area contributed by atoms with Crippen molar-refractivity contribution in [3.8, 4) is 11.5 Å². The van der Waals surface area contributed by atoms with Crippen LogP contribution in [0.4, 0.5) is 4.39 Å². The van der Waals surface area contributed by atoms with Gasteiger partial charge >= 0.3 is 0 Å². The van der Waals surface area contributed by atoms with E-state index in [0.717, 1.165) is 4.47 Å². The van der Waals surface area contributed by atoms with E-state index in [9.17, 15) is 14.3 Å². The van der Waals surface area contributed by atoms with E-state index in [0.29, 0.717) is 15.8 Å². The zero-order valence-electron chi connectivity index (χ0n) is 11.6. The highest BCUT2D eigenvalue weighted by molar-refractivity contribution is 9.11. The van der Waals surface area contributed by atoms with Crippen LogP contribution in [0.3, 0.4) is 0 Å². The fourth-order valence-corrected chi connectivity index (χ4v) is 2.83. The predicted molar refractivity (Wildman–Crippen MR) is 91.1 cm³/mol. The lowest BCUT2D eigenvalue weighted by Gasteiger charge is -2.05. The molecule has 8 heteroatoms. The van der Waals surface area contributed by atoms with E-state index in [1.54, 1.807) is 12.1 Å². The molecule has 0 atom stereocenters. The Kier molecular flexibility index (Phi) is 6.12. The number of benzene rings is 2. The van der Waals surface area contributed by atoms with Gasteiger partial charge in [-0.2, -0.15) is 5.10 Å². The zero-order chi connectivity index (χ0) is 16.8. The molecule has 2 aromatic carbocycles. The van der Waals surface area contributed by atoms with Crippen LogP contribution in [0, 0.1) is 5.82 Å². The van der Waals surface area contributed by atoms with Crippen molar-refractivity contribution < 1.29 is 19.0 Å². The third kappa shape index (κ3) is 5.33. The lowest BCUT2D eigenvalue weighted by molar-refractivity contribution is -0.123. The van der Waals surface area contributed by atoms with Gasteiger partial charge in [0.2, 0.25) is 0 Å². The second kappa shape index (κ2) is 8.07. The van der Waals surface area contributed by atoms with Crippen LogP contribution >= 0.6 is 31.9 Å². The molecule has 0 unspecified atom stereocenters. The molecule has 5 nitrogen and oxygen atoms in total. The smallest absolute Gasteiger partial charge is 0.277 e. The van der Waals surface area contributed by atoms with Gasteiger partial charge in [-0.05, 0) is 52.3 Å². The number of phenols is 1. The largest absolute Gasteiger partial charge is 0.506 e. The summed E-state index contributed by atoms with van der Waals surface area (Å²) in [7, 11) is 0. The highest BCUT2D eigenvalue weighted by atomic mass is 79.9. The number of carbonyl (C=O) groups is 1. The quantitative estimate of drug-likeness (QED) is 0.545. The van der Waals surface area contributed by atoms with Crippen molar-refractivity contribution in [2.24, 2.45) is 5.10 Å². The van der Waals surface area contributed by atoms with E-state index in [-0.39, 0.29) is 18.2 Å². The molecule has 23 heavy (non-hydrogen) atoms. The van der Waals surface area contributed by atoms with Gasteiger partial charge in [-0.15, -0.1) is 0 Å². The van der Waals surface area contributed by atoms with Crippen LogP contribution in [0.15, 0.2) is 50.4 Å². The minimum atomic E-state index is -0.487. The Labute approximate surface area is 148 Å². The van der Waals surface area contributed by atoms with Gasteiger partial charge in [-0.25, -0.2) is 9.82 Å². The third-order valence-electron chi connectivity index (χ3n) is 2.63. The minimum absolute atomic E-state index is 0.00811. The van der Waals surface area contributed by atoms with E-state index >= 15 is 0 Å². The number of aromatic hydroxyl groups is 1. The average molecular weight is 446 g/mol. The summed E-state index contributed by atoms with van der Waals surface area (Å²) in [5, 5.41) is 13.6. The summed E-state index contributed by atoms with van der Waals surface area (Å²) in [6, 6.07) is 8.64. The van der Waals surface area contributed by atoms with Gasteiger partial charge in [-0.1, -0.05) is 15.9 Å². The van der Waals surface area contributed by atoms with Crippen molar-refractivity contribution in [2.75, 3.05) is 6.61 Å². The highest BCUT2D eigenvalue weighted by Crippen LogP contribution is 2.30. The van der Waals surface area contributed by atoms with Gasteiger partial charge in [0.05, 0.1) is 10.7 Å². The fraction of sp³-hybridized carbons (Fsp3) is 0.0667. The average Bonchev–Trinajstić information content (AvgIpc) is 2.51. The van der Waals surface area contributed by atoms with Gasteiger partial charge in [0.25, 0.3) is 5.91 Å². The number of nitrogens with one attached hydrogen (secondary N) is 1. The van der Waals surface area contributed by atoms with Gasteiger partial charge in [0.1, 0.15) is 17.3 Å². The summed E-state index contributed by atoms with van der Waals surface area (Å²) in [5.74, 6) is -0.488. The van der Waals surface area contributed by atoms with Crippen LogP contribution in [-0.2, 0) is 4.79 Å². The SMILES string of the molecule is O=C(COc1ccc(F)cc1)N/N=C/c1cc(Br)cc(Br)c1O. The number of rotatable bonds is 5. The molecule has 0 spiro atoms. The molecule has 0 aliphatic carbocycles. The van der Waals surface area contributed by atoms with Crippen molar-refractivity contribution >= 4 is 44.0 Å². The second-order valence-electron chi connectivity index (χ2n) is 4.36. The lowest BCUT2D eigenvalue weighted by Crippen LogP contribution is -2.24. The maximum absolute atomic E-state index is 12.7. The first kappa shape index (κ1) is 17.4. The summed E-state index contributed by atoms with van der Waals surface area (Å²) in [6.07, 6.45) is 1.31. The zero-order valence-corrected chi connectivity index (χ0v) is 14.8. The molecule has 0 aromatic heterocycles. The monoisotopic (exact) mass is 444 g/mol. The van der Waals surface area contributed by atoms with Crippen molar-refractivity contribution in [1.82, 2.24) is 5.43 Å². The highest BCUT2D eigenvalue weighted by Gasteiger charge is 2.06. The first-order valence-electron chi connectivity index (χ1n) is 6.34. The van der Waals surface area contributed by atoms with Gasteiger partial charge < -0.3 is 9.84 Å². The van der Waals surface area contributed by atoms with E-state index in [2.05, 4.69) is 42.4 Å². The number of amides is 1. The molecule has 0 radical (unpaired) electrons. The van der Waals surface area contributed by atoms with Crippen molar-refractivity contribution in [3.05, 3.63) is 56.7 Å². The molecule has 0 fully saturated rings. The van der Waals surface area contributed by atoms with E-state index < -0.39 is 5.91 Å². The number of halogens is 3. The number of phenolic OH excluding ortho intramolecular Hbond substituents is 1. The van der Waals surface area contributed by atoms with Crippen LogP contribution in [0.5, 0.6) is 11.5 Å². The van der Waals surface area contributed by atoms with Gasteiger partial charge in [0.15, 0.2) is 6.61 Å². The third-order valence-corrected chi connectivity index (χ3v) is 3.70. The second-order valence-corrected chi connectivity index (χ2v) is 6.13. The normalized spacial score (nSPS) is 10.7. The summed E-state index contributed by atoms with van der Waals surface area (Å²) < 4.78 is 19.1. The Balaban J connectivity index is 1.88. The number of hydrogen-bond donors (Lipinski definition) is 2. The number of nitrogens with zero attached hydrogens (tertiary/aromatic N) is 1. The first-order chi connectivity index (χ1) is 11.0. The van der Waals surface area contributed by atoms with Crippen molar-refractivity contribution in [3.63, 3.8) is 0 Å². The summed E-state index contributed by atoms with van der Waals surface area (Å²) in [6.45, 7) is -0.267. The molecule has 2 aromatic rings. The van der Waals surface area contributed by atoms with Crippen LogP contribution in [0.1, 0.15) is 5.56 Å². The maximum atomic E-state index is 12.7. The summed E-state index contributed by atoms with van der Waals surface area (Å²) in [5.41, 5.74) is 2.69. The van der Waals surface area contributed by atoms with E-state index in [1.807, 2.05) is 0 Å². The minimum Gasteiger partial charge on any atom is -0.506 e. The first-order valence-corrected chi connectivity index (χ1v) is 7.92. The molecule has 0 aliphatic heterocycles. The molecule has 1 amide bonds. The van der Waals surface area contributed by atoms with Gasteiger partial charge in [-0.3, -0.25) is 4.79 Å². The number of hydrazone groups is 1. The molecule has 0 bridgehead atoms. The van der Waals surface area contributed by atoms with Crippen LogP contribution in [-0.4, -0.2) is 23.8 Å². The molecule has 2 rings (SSSR count). The Morgan fingerprint density at radius 3 is 2.70 bits per heavy atom. The van der Waals surface area contributed by atoms with Crippen LogP contribution in [0.2, 0.25) is 0 Å². The Hall–Kier alpha value is -1.93. The molecular weight excluding hydrogens is 435 g/mol. The molecule has 0 heterocycles. The molecule has 0 aliphatic rings. The van der Waals surface area contributed by atoms with Crippen molar-refractivity contribution in [1.29, 1.82) is 0 Å². The number of carbonyl (C=O) groups excluding carboxylic acids is 1. The topological polar surface area (TPSA) is 70.9 Å². The lowest BCUT2D eigenvalue weighted by atomic mass is 10.2. The van der Waals surface area contributed by atoms with E-state index in [4.69, 9.17) is 4.74 Å². The van der Waals surface area contributed by atoms with Crippen LogP contribution in [0.25, 0.3) is 0 Å². The Morgan fingerprint density at radius 2 is 2.00 bits per heavy atom. The summed E-state index contributed by atoms with van der Waals surface area (Å²) in [4.78, 5) is 11.6. The van der Waals surface area contributed by atoms with Crippen LogP contribution < -0.4 is 10.2 Å². The maximum Gasteiger partial charge on any atom is 0.277 e. The molecule has 120 valence electrons. The predicted octanol–water partition coefficient (Wildman–Crippen LogP) is 3.59. The van der Waals surface area contributed by atoms with E-state index in [1.165, 1.54) is 30.5 Å². The molecule has 0 saturated heterocycles. The van der Waals surface area contributed by atoms with Crippen molar-refractivity contribution in [2.45, 2.75) is 0 Å². The standard InChI is InChI=1S/C15H11Br2FN2O3/c16-10-5-9(15(22)13(17)6-10)7-19-20-14(21)8-23-12-3-1-11(18)2-4-12/h1-7,22H,8H2,(H,20,21)/b19-7+. The Morgan fingerprint density at radius 1 is 1.30 bits per heavy atom. The number of ether oxygens (including phenoxy) is 1. The molecule has 0 saturated carbocycles. The Bertz CT molecular complexity index is 736. The molecular formula is C15H11Br2FN2O3. The number of hydrogen-bond acceptors (Lipinski definition) is 4. The van der Waals surface area contributed by atoms with Gasteiger partial charge in [0, 0.05) is 10.0 Å². The molecule has 2 N–H and O–H groups in total. The summed E-state index contributed by atoms with van der Waals surface area (Å²) >= 11 is 6.48. The fourth-order valence-electron chi connectivity index (χ4n) is 1.57.